The fourth-order valence-corrected chi connectivity index (χ4v) is 2.67. The van der Waals surface area contributed by atoms with Crippen LogP contribution < -0.4 is 4.72 Å². The van der Waals surface area contributed by atoms with Gasteiger partial charge in [-0.05, 0) is 48.3 Å². The number of hydrogen-bond acceptors (Lipinski definition) is 5. The van der Waals surface area contributed by atoms with Gasteiger partial charge in [0.2, 0.25) is 0 Å². The number of benzene rings is 2. The Balaban J connectivity index is 1.96. The number of carbonyl (C=O) groups is 1. The first-order valence-corrected chi connectivity index (χ1v) is 8.15. The van der Waals surface area contributed by atoms with E-state index in [4.69, 9.17) is 10.2 Å². The minimum absolute atomic E-state index is 0.124. The smallest absolute Gasteiger partial charge is 0.254 e. The van der Waals surface area contributed by atoms with Gasteiger partial charge in [-0.25, -0.2) is 0 Å². The summed E-state index contributed by atoms with van der Waals surface area (Å²) in [5.41, 5.74) is 1.55. The number of amides is 1. The van der Waals surface area contributed by atoms with Gasteiger partial charge in [-0.2, -0.15) is 0 Å². The van der Waals surface area contributed by atoms with E-state index in [1.165, 1.54) is 16.8 Å². The second-order valence-corrected chi connectivity index (χ2v) is 5.71. The molecule has 1 amide bonds. The van der Waals surface area contributed by atoms with E-state index in [9.17, 15) is 4.79 Å². The van der Waals surface area contributed by atoms with Crippen LogP contribution in [0.1, 0.15) is 10.4 Å². The van der Waals surface area contributed by atoms with Gasteiger partial charge in [0.15, 0.2) is 0 Å². The summed E-state index contributed by atoms with van der Waals surface area (Å²) in [6.45, 7) is 0.179. The molecule has 3 N–H and O–H groups in total. The van der Waals surface area contributed by atoms with Gasteiger partial charge in [-0.3, -0.25) is 4.79 Å². The molecule has 0 saturated carbocycles. The first-order chi connectivity index (χ1) is 11.2. The first-order valence-electron chi connectivity index (χ1n) is 7.33. The lowest BCUT2D eigenvalue weighted by Crippen LogP contribution is -2.35. The minimum atomic E-state index is -0.194. The zero-order chi connectivity index (χ0) is 16.5. The largest absolute Gasteiger partial charge is 0.395 e. The summed E-state index contributed by atoms with van der Waals surface area (Å²) in [7, 11) is 0. The van der Waals surface area contributed by atoms with Crippen molar-refractivity contribution in [1.29, 1.82) is 0 Å². The molecule has 0 fully saturated rings. The Morgan fingerprint density at radius 3 is 2.13 bits per heavy atom. The number of anilines is 1. The molecule has 0 aliphatic heterocycles. The maximum atomic E-state index is 12.3. The average Bonchev–Trinajstić information content (AvgIpc) is 2.60. The topological polar surface area (TPSA) is 72.8 Å². The van der Waals surface area contributed by atoms with Gasteiger partial charge >= 0.3 is 0 Å². The van der Waals surface area contributed by atoms with Crippen molar-refractivity contribution in [2.24, 2.45) is 0 Å². The Morgan fingerprint density at radius 1 is 0.957 bits per heavy atom. The quantitative estimate of drug-likeness (QED) is 0.647. The lowest BCUT2D eigenvalue weighted by molar-refractivity contribution is 0.0685. The lowest BCUT2D eigenvalue weighted by atomic mass is 10.2. The molecule has 2 aromatic rings. The number of aliphatic hydroxyl groups is 2. The van der Waals surface area contributed by atoms with Crippen molar-refractivity contribution >= 4 is 23.5 Å². The molecule has 23 heavy (non-hydrogen) atoms. The molecule has 122 valence electrons. The van der Waals surface area contributed by atoms with E-state index in [1.807, 2.05) is 42.5 Å². The van der Waals surface area contributed by atoms with Crippen molar-refractivity contribution in [1.82, 2.24) is 4.90 Å². The van der Waals surface area contributed by atoms with Crippen LogP contribution in [0.5, 0.6) is 0 Å². The van der Waals surface area contributed by atoms with E-state index in [0.717, 1.165) is 10.6 Å². The van der Waals surface area contributed by atoms with Crippen LogP contribution in [-0.2, 0) is 0 Å². The van der Waals surface area contributed by atoms with Gasteiger partial charge in [-0.1, -0.05) is 18.2 Å². The van der Waals surface area contributed by atoms with Crippen molar-refractivity contribution in [3.8, 4) is 0 Å². The zero-order valence-electron chi connectivity index (χ0n) is 12.7. The van der Waals surface area contributed by atoms with Crippen LogP contribution in [0.25, 0.3) is 0 Å². The molecule has 0 unspecified atom stereocenters. The van der Waals surface area contributed by atoms with E-state index in [2.05, 4.69) is 4.72 Å². The van der Waals surface area contributed by atoms with Crippen LogP contribution in [-0.4, -0.2) is 47.3 Å². The summed E-state index contributed by atoms with van der Waals surface area (Å²) in [5, 5.41) is 18.0. The molecule has 0 spiro atoms. The number of rotatable bonds is 8. The Labute approximate surface area is 140 Å². The van der Waals surface area contributed by atoms with Gasteiger partial charge < -0.3 is 19.8 Å². The Bertz CT molecular complexity index is 599. The number of aliphatic hydroxyl groups excluding tert-OH is 2. The summed E-state index contributed by atoms with van der Waals surface area (Å²) in [6.07, 6.45) is 0. The highest BCUT2D eigenvalue weighted by Crippen LogP contribution is 2.21. The van der Waals surface area contributed by atoms with Crippen LogP contribution in [0.4, 0.5) is 5.69 Å². The molecule has 0 radical (unpaired) electrons. The van der Waals surface area contributed by atoms with Crippen molar-refractivity contribution in [3.05, 3.63) is 60.2 Å². The molecule has 0 bridgehead atoms. The summed E-state index contributed by atoms with van der Waals surface area (Å²) in [5.74, 6) is -0.194. The highest BCUT2D eigenvalue weighted by molar-refractivity contribution is 8.00. The molecule has 2 rings (SSSR count). The highest BCUT2D eigenvalue weighted by atomic mass is 32.2. The molecule has 0 aliphatic carbocycles. The summed E-state index contributed by atoms with van der Waals surface area (Å²) < 4.78 is 3.23. The third kappa shape index (κ3) is 5.28. The highest BCUT2D eigenvalue weighted by Gasteiger charge is 2.14. The van der Waals surface area contributed by atoms with Crippen LogP contribution in [0.15, 0.2) is 59.5 Å². The summed E-state index contributed by atoms with van der Waals surface area (Å²) in [6, 6.07) is 17.1. The zero-order valence-corrected chi connectivity index (χ0v) is 13.5. The van der Waals surface area contributed by atoms with Crippen molar-refractivity contribution in [2.45, 2.75) is 4.90 Å². The molecular weight excluding hydrogens is 312 g/mol. The molecular formula is C17H20N2O3S. The maximum Gasteiger partial charge on any atom is 0.254 e. The van der Waals surface area contributed by atoms with Crippen LogP contribution in [0.2, 0.25) is 0 Å². The van der Waals surface area contributed by atoms with Crippen molar-refractivity contribution in [2.75, 3.05) is 31.0 Å². The fourth-order valence-electron chi connectivity index (χ4n) is 2.03. The monoisotopic (exact) mass is 332 g/mol. The average molecular weight is 332 g/mol. The molecule has 5 nitrogen and oxygen atoms in total. The van der Waals surface area contributed by atoms with Crippen LogP contribution in [0.3, 0.4) is 0 Å². The van der Waals surface area contributed by atoms with E-state index in [0.29, 0.717) is 5.56 Å². The van der Waals surface area contributed by atoms with Gasteiger partial charge in [0, 0.05) is 29.2 Å². The third-order valence-corrected chi connectivity index (χ3v) is 4.03. The molecule has 0 heterocycles. The number of para-hydroxylation sites is 1. The van der Waals surface area contributed by atoms with E-state index < -0.39 is 0 Å². The second-order valence-electron chi connectivity index (χ2n) is 4.83. The van der Waals surface area contributed by atoms with E-state index >= 15 is 0 Å². The van der Waals surface area contributed by atoms with Gasteiger partial charge in [0.25, 0.3) is 5.91 Å². The van der Waals surface area contributed by atoms with Gasteiger partial charge in [-0.15, -0.1) is 0 Å². The van der Waals surface area contributed by atoms with Gasteiger partial charge in [0.1, 0.15) is 0 Å². The molecule has 2 aromatic carbocycles. The summed E-state index contributed by atoms with van der Waals surface area (Å²) >= 11 is 1.47. The molecule has 6 heteroatoms. The normalized spacial score (nSPS) is 10.3. The Hall–Kier alpha value is -2.02. The SMILES string of the molecule is O=C(c1ccc(SNc2ccccc2)cc1)N(CCO)CCO. The Kier molecular flexibility index (Phi) is 6.93. The van der Waals surface area contributed by atoms with E-state index in [-0.39, 0.29) is 32.2 Å². The van der Waals surface area contributed by atoms with Crippen LogP contribution >= 0.6 is 11.9 Å². The number of carbonyl (C=O) groups excluding carboxylic acids is 1. The van der Waals surface area contributed by atoms with Crippen LogP contribution in [0, 0.1) is 0 Å². The van der Waals surface area contributed by atoms with E-state index in [1.54, 1.807) is 12.1 Å². The predicted octanol–water partition coefficient (Wildman–Crippen LogP) is 2.23. The number of hydrogen-bond donors (Lipinski definition) is 3. The molecule has 0 atom stereocenters. The fraction of sp³-hybridized carbons (Fsp3) is 0.235. The first kappa shape index (κ1) is 17.3. The molecule has 0 aliphatic rings. The lowest BCUT2D eigenvalue weighted by Gasteiger charge is -2.20. The van der Waals surface area contributed by atoms with Gasteiger partial charge in [0.05, 0.1) is 13.2 Å². The maximum absolute atomic E-state index is 12.3. The Morgan fingerprint density at radius 2 is 1.57 bits per heavy atom. The van der Waals surface area contributed by atoms with Crippen molar-refractivity contribution in [3.63, 3.8) is 0 Å². The number of nitrogens with zero attached hydrogens (tertiary/aromatic N) is 1. The standard InChI is InChI=1S/C17H20N2O3S/c20-12-10-19(11-13-21)17(22)14-6-8-16(9-7-14)23-18-15-4-2-1-3-5-15/h1-9,18,20-21H,10-13H2. The molecule has 0 aromatic heterocycles. The molecule has 0 saturated heterocycles. The van der Waals surface area contributed by atoms with Crippen molar-refractivity contribution < 1.29 is 15.0 Å². The summed E-state index contributed by atoms with van der Waals surface area (Å²) in [4.78, 5) is 14.7. The third-order valence-electron chi connectivity index (χ3n) is 3.19. The predicted molar refractivity (Wildman–Crippen MR) is 92.4 cm³/mol. The second kappa shape index (κ2) is 9.19. The number of nitrogens with one attached hydrogen (secondary N) is 1. The minimum Gasteiger partial charge on any atom is -0.395 e.